The number of phenolic OH excluding ortho intramolecular Hbond substituents is 1. The summed E-state index contributed by atoms with van der Waals surface area (Å²) in [6.45, 7) is 2.99. The molecule has 0 unspecified atom stereocenters. The highest BCUT2D eigenvalue weighted by atomic mass is 16.3. The van der Waals surface area contributed by atoms with Gasteiger partial charge in [-0.15, -0.1) is 0 Å². The van der Waals surface area contributed by atoms with Gasteiger partial charge in [0, 0.05) is 30.9 Å². The van der Waals surface area contributed by atoms with Crippen molar-refractivity contribution in [3.05, 3.63) is 48.0 Å². The van der Waals surface area contributed by atoms with E-state index in [0.29, 0.717) is 12.2 Å². The molecule has 1 N–H and O–H groups in total. The van der Waals surface area contributed by atoms with E-state index >= 15 is 0 Å². The van der Waals surface area contributed by atoms with Crippen LogP contribution in [0.15, 0.2) is 36.7 Å². The third-order valence-electron chi connectivity index (χ3n) is 2.48. The second kappa shape index (κ2) is 4.17. The number of rotatable bonds is 3. The molecule has 0 aliphatic carbocycles. The summed E-state index contributed by atoms with van der Waals surface area (Å²) in [5.74, 6) is 1.32. The van der Waals surface area contributed by atoms with Crippen molar-refractivity contribution >= 4 is 0 Å². The first-order valence-corrected chi connectivity index (χ1v) is 5.08. The fourth-order valence-corrected chi connectivity index (χ4v) is 1.63. The summed E-state index contributed by atoms with van der Waals surface area (Å²) >= 11 is 0. The number of aryl methyl sites for hydroxylation is 1. The Hall–Kier alpha value is -1.77. The van der Waals surface area contributed by atoms with Crippen molar-refractivity contribution in [2.75, 3.05) is 0 Å². The van der Waals surface area contributed by atoms with Crippen LogP contribution in [0.4, 0.5) is 0 Å². The van der Waals surface area contributed by atoms with E-state index in [0.717, 1.165) is 17.9 Å². The lowest BCUT2D eigenvalue weighted by Gasteiger charge is -2.06. The quantitative estimate of drug-likeness (QED) is 0.828. The molecule has 3 heteroatoms. The third kappa shape index (κ3) is 2.01. The molecular weight excluding hydrogens is 188 g/mol. The number of hydrogen-bond donors (Lipinski definition) is 1. The first-order chi connectivity index (χ1) is 7.31. The maximum atomic E-state index is 9.64. The average Bonchev–Trinajstić information content (AvgIpc) is 2.69. The van der Waals surface area contributed by atoms with Gasteiger partial charge in [0.25, 0.3) is 0 Å². The molecule has 0 aliphatic heterocycles. The van der Waals surface area contributed by atoms with Crippen LogP contribution >= 0.6 is 0 Å². The predicted octanol–water partition coefficient (Wildman–Crippen LogP) is 2.20. The molecular formula is C12H14N2O. The van der Waals surface area contributed by atoms with Gasteiger partial charge >= 0.3 is 0 Å². The van der Waals surface area contributed by atoms with Crippen molar-refractivity contribution in [3.63, 3.8) is 0 Å². The summed E-state index contributed by atoms with van der Waals surface area (Å²) in [6, 6.07) is 7.37. The van der Waals surface area contributed by atoms with Crippen molar-refractivity contribution in [1.82, 2.24) is 9.55 Å². The van der Waals surface area contributed by atoms with Crippen molar-refractivity contribution in [2.24, 2.45) is 0 Å². The van der Waals surface area contributed by atoms with Gasteiger partial charge < -0.3 is 9.67 Å². The first kappa shape index (κ1) is 9.77. The van der Waals surface area contributed by atoms with E-state index in [2.05, 4.69) is 16.5 Å². The molecule has 0 saturated carbocycles. The largest absolute Gasteiger partial charge is 0.508 e. The summed E-state index contributed by atoms with van der Waals surface area (Å²) in [6.07, 6.45) is 4.42. The van der Waals surface area contributed by atoms with Crippen molar-refractivity contribution < 1.29 is 5.11 Å². The molecule has 0 radical (unpaired) electrons. The fourth-order valence-electron chi connectivity index (χ4n) is 1.63. The number of nitrogens with zero attached hydrogens (tertiary/aromatic N) is 2. The Morgan fingerprint density at radius 2 is 2.13 bits per heavy atom. The van der Waals surface area contributed by atoms with E-state index in [9.17, 15) is 5.11 Å². The van der Waals surface area contributed by atoms with Crippen LogP contribution in [-0.2, 0) is 13.0 Å². The highest BCUT2D eigenvalue weighted by molar-refractivity contribution is 5.33. The SMILES string of the molecule is CCn1ccnc1Cc1ccccc1O. The molecule has 0 atom stereocenters. The van der Waals surface area contributed by atoms with Crippen LogP contribution in [0.25, 0.3) is 0 Å². The zero-order chi connectivity index (χ0) is 10.7. The van der Waals surface area contributed by atoms with Crippen LogP contribution < -0.4 is 0 Å². The van der Waals surface area contributed by atoms with Crippen LogP contribution in [0.5, 0.6) is 5.75 Å². The summed E-state index contributed by atoms with van der Waals surface area (Å²) in [4.78, 5) is 4.28. The molecule has 78 valence electrons. The van der Waals surface area contributed by atoms with Gasteiger partial charge in [0.2, 0.25) is 0 Å². The predicted molar refractivity (Wildman–Crippen MR) is 58.8 cm³/mol. The van der Waals surface area contributed by atoms with Gasteiger partial charge in [-0.25, -0.2) is 4.98 Å². The van der Waals surface area contributed by atoms with E-state index in [4.69, 9.17) is 0 Å². The maximum Gasteiger partial charge on any atom is 0.119 e. The van der Waals surface area contributed by atoms with Crippen LogP contribution in [0.2, 0.25) is 0 Å². The summed E-state index contributed by atoms with van der Waals surface area (Å²) in [5.41, 5.74) is 0.915. The van der Waals surface area contributed by atoms with Gasteiger partial charge in [0.15, 0.2) is 0 Å². The number of aromatic hydroxyl groups is 1. The number of hydrogen-bond acceptors (Lipinski definition) is 2. The molecule has 2 rings (SSSR count). The second-order valence-electron chi connectivity index (χ2n) is 3.43. The normalized spacial score (nSPS) is 10.5. The molecule has 1 aromatic heterocycles. The second-order valence-corrected chi connectivity index (χ2v) is 3.43. The molecule has 0 saturated heterocycles. The number of benzene rings is 1. The minimum Gasteiger partial charge on any atom is -0.508 e. The highest BCUT2D eigenvalue weighted by Crippen LogP contribution is 2.18. The van der Waals surface area contributed by atoms with Gasteiger partial charge in [-0.1, -0.05) is 18.2 Å². The Labute approximate surface area is 89.0 Å². The van der Waals surface area contributed by atoms with Gasteiger partial charge in [-0.3, -0.25) is 0 Å². The Bertz CT molecular complexity index is 448. The van der Waals surface area contributed by atoms with Crippen molar-refractivity contribution in [1.29, 1.82) is 0 Å². The minimum absolute atomic E-state index is 0.336. The third-order valence-corrected chi connectivity index (χ3v) is 2.48. The number of aromatic nitrogens is 2. The monoisotopic (exact) mass is 202 g/mol. The molecule has 1 heterocycles. The van der Waals surface area contributed by atoms with Gasteiger partial charge in [0.05, 0.1) is 0 Å². The Morgan fingerprint density at radius 3 is 2.87 bits per heavy atom. The molecule has 2 aromatic rings. The van der Waals surface area contributed by atoms with Crippen LogP contribution in [0, 0.1) is 0 Å². The standard InChI is InChI=1S/C12H14N2O/c1-2-14-8-7-13-12(14)9-10-5-3-4-6-11(10)15/h3-8,15H,2,9H2,1H3. The molecule has 0 fully saturated rings. The number of para-hydroxylation sites is 1. The average molecular weight is 202 g/mol. The van der Waals surface area contributed by atoms with Crippen molar-refractivity contribution in [2.45, 2.75) is 19.9 Å². The van der Waals surface area contributed by atoms with E-state index in [1.807, 2.05) is 24.4 Å². The zero-order valence-corrected chi connectivity index (χ0v) is 8.72. The van der Waals surface area contributed by atoms with Crippen LogP contribution in [-0.4, -0.2) is 14.7 Å². The fraction of sp³-hybridized carbons (Fsp3) is 0.250. The molecule has 3 nitrogen and oxygen atoms in total. The zero-order valence-electron chi connectivity index (χ0n) is 8.72. The summed E-state index contributed by atoms with van der Waals surface area (Å²) < 4.78 is 2.08. The lowest BCUT2D eigenvalue weighted by atomic mass is 10.1. The highest BCUT2D eigenvalue weighted by Gasteiger charge is 2.05. The Kier molecular flexibility index (Phi) is 2.72. The molecule has 0 amide bonds. The van der Waals surface area contributed by atoms with Crippen molar-refractivity contribution in [3.8, 4) is 5.75 Å². The molecule has 0 aliphatic rings. The van der Waals surface area contributed by atoms with Crippen LogP contribution in [0.1, 0.15) is 18.3 Å². The lowest BCUT2D eigenvalue weighted by molar-refractivity contribution is 0.468. The van der Waals surface area contributed by atoms with Crippen LogP contribution in [0.3, 0.4) is 0 Å². The van der Waals surface area contributed by atoms with Gasteiger partial charge in [-0.05, 0) is 13.0 Å². The van der Waals surface area contributed by atoms with E-state index < -0.39 is 0 Å². The Balaban J connectivity index is 2.26. The molecule has 15 heavy (non-hydrogen) atoms. The maximum absolute atomic E-state index is 9.64. The van der Waals surface area contributed by atoms with E-state index in [1.54, 1.807) is 12.3 Å². The summed E-state index contributed by atoms with van der Waals surface area (Å²) in [7, 11) is 0. The minimum atomic E-state index is 0.336. The number of imidazole rings is 1. The number of phenols is 1. The van der Waals surface area contributed by atoms with Gasteiger partial charge in [0.1, 0.15) is 11.6 Å². The van der Waals surface area contributed by atoms with Gasteiger partial charge in [-0.2, -0.15) is 0 Å². The molecule has 0 spiro atoms. The van der Waals surface area contributed by atoms with E-state index in [1.165, 1.54) is 0 Å². The molecule has 1 aromatic carbocycles. The lowest BCUT2D eigenvalue weighted by Crippen LogP contribution is -2.01. The first-order valence-electron chi connectivity index (χ1n) is 5.08. The Morgan fingerprint density at radius 1 is 1.33 bits per heavy atom. The smallest absolute Gasteiger partial charge is 0.119 e. The van der Waals surface area contributed by atoms with E-state index in [-0.39, 0.29) is 0 Å². The topological polar surface area (TPSA) is 38.0 Å². The molecule has 0 bridgehead atoms. The summed E-state index contributed by atoms with van der Waals surface area (Å²) in [5, 5.41) is 9.64.